The Balaban J connectivity index is 2.58. The van der Waals surface area contributed by atoms with Crippen LogP contribution in [-0.2, 0) is 0 Å². The second kappa shape index (κ2) is 4.90. The molecule has 0 aliphatic heterocycles. The summed E-state index contributed by atoms with van der Waals surface area (Å²) in [6.45, 7) is 2.02. The predicted octanol–water partition coefficient (Wildman–Crippen LogP) is 1.97. The van der Waals surface area contributed by atoms with Crippen LogP contribution in [0.25, 0.3) is 6.08 Å². The Kier molecular flexibility index (Phi) is 3.77. The highest BCUT2D eigenvalue weighted by Gasteiger charge is 1.95. The van der Waals surface area contributed by atoms with E-state index in [1.54, 1.807) is 0 Å². The summed E-state index contributed by atoms with van der Waals surface area (Å²) in [5.74, 6) is 0. The Labute approximate surface area is 75.1 Å². The summed E-state index contributed by atoms with van der Waals surface area (Å²) in [7, 11) is -1.53. The van der Waals surface area contributed by atoms with Crippen LogP contribution in [0.2, 0.25) is 6.04 Å². The van der Waals surface area contributed by atoms with Crippen LogP contribution >= 0.6 is 0 Å². The zero-order valence-corrected chi connectivity index (χ0v) is 8.43. The summed E-state index contributed by atoms with van der Waals surface area (Å²) in [5, 5.41) is 0. The molecule has 1 nitrogen and oxygen atoms in total. The van der Waals surface area contributed by atoms with Crippen molar-refractivity contribution in [2.24, 2.45) is 0 Å². The molecular weight excluding hydrogens is 164 g/mol. The standard InChI is InChI=1S/C10H14OSi/c1-2-12(11)9-8-10-6-4-3-5-7-10/h3-9,11-12H,2H2,1H3/b9-8+. The molecule has 64 valence electrons. The van der Waals surface area contributed by atoms with Crippen molar-refractivity contribution in [3.63, 3.8) is 0 Å². The van der Waals surface area contributed by atoms with Gasteiger partial charge in [-0.05, 0) is 11.6 Å². The van der Waals surface area contributed by atoms with Crippen molar-refractivity contribution >= 4 is 15.1 Å². The van der Waals surface area contributed by atoms with Crippen molar-refractivity contribution in [1.82, 2.24) is 0 Å². The average Bonchev–Trinajstić information content (AvgIpc) is 2.16. The maximum absolute atomic E-state index is 9.37. The molecule has 0 fully saturated rings. The lowest BCUT2D eigenvalue weighted by molar-refractivity contribution is 0.585. The molecule has 1 aromatic rings. The topological polar surface area (TPSA) is 20.2 Å². The van der Waals surface area contributed by atoms with Gasteiger partial charge >= 0.3 is 0 Å². The molecule has 0 aliphatic rings. The lowest BCUT2D eigenvalue weighted by Crippen LogP contribution is -2.04. The summed E-state index contributed by atoms with van der Waals surface area (Å²) in [6.07, 6.45) is 2.00. The van der Waals surface area contributed by atoms with Crippen LogP contribution in [0.4, 0.5) is 0 Å². The summed E-state index contributed by atoms with van der Waals surface area (Å²) in [6, 6.07) is 11.0. The van der Waals surface area contributed by atoms with Crippen molar-refractivity contribution in [1.29, 1.82) is 0 Å². The van der Waals surface area contributed by atoms with Crippen LogP contribution in [-0.4, -0.2) is 13.8 Å². The molecule has 12 heavy (non-hydrogen) atoms. The molecular formula is C10H14OSi. The smallest absolute Gasteiger partial charge is 0.196 e. The molecule has 0 aliphatic carbocycles. The Bertz CT molecular complexity index is 243. The van der Waals surface area contributed by atoms with Gasteiger partial charge in [-0.2, -0.15) is 0 Å². The second-order valence-corrected chi connectivity index (χ2v) is 5.08. The third-order valence-electron chi connectivity index (χ3n) is 1.73. The van der Waals surface area contributed by atoms with Crippen LogP contribution in [0.1, 0.15) is 12.5 Å². The van der Waals surface area contributed by atoms with E-state index in [0.29, 0.717) is 0 Å². The van der Waals surface area contributed by atoms with Crippen LogP contribution in [0.5, 0.6) is 0 Å². The predicted molar refractivity (Wildman–Crippen MR) is 55.3 cm³/mol. The minimum Gasteiger partial charge on any atom is -0.431 e. The molecule has 0 spiro atoms. The SMILES string of the molecule is CC[SiH](O)/C=C/c1ccccc1. The van der Waals surface area contributed by atoms with Gasteiger partial charge in [0.15, 0.2) is 9.04 Å². The van der Waals surface area contributed by atoms with Gasteiger partial charge < -0.3 is 4.80 Å². The Morgan fingerprint density at radius 2 is 2.00 bits per heavy atom. The van der Waals surface area contributed by atoms with E-state index < -0.39 is 9.04 Å². The molecule has 0 amide bonds. The van der Waals surface area contributed by atoms with E-state index in [0.717, 1.165) is 11.6 Å². The van der Waals surface area contributed by atoms with Crippen molar-refractivity contribution in [2.75, 3.05) is 0 Å². The van der Waals surface area contributed by atoms with Crippen molar-refractivity contribution in [2.45, 2.75) is 13.0 Å². The first-order valence-corrected chi connectivity index (χ1v) is 6.24. The maximum atomic E-state index is 9.37. The third kappa shape index (κ3) is 3.03. The number of rotatable bonds is 3. The van der Waals surface area contributed by atoms with E-state index in [1.807, 2.05) is 49.0 Å². The highest BCUT2D eigenvalue weighted by atomic mass is 28.3. The van der Waals surface area contributed by atoms with Gasteiger partial charge in [-0.1, -0.05) is 49.0 Å². The molecule has 1 unspecified atom stereocenters. The summed E-state index contributed by atoms with van der Waals surface area (Å²) >= 11 is 0. The van der Waals surface area contributed by atoms with Gasteiger partial charge in [0, 0.05) is 0 Å². The van der Waals surface area contributed by atoms with E-state index >= 15 is 0 Å². The van der Waals surface area contributed by atoms with Crippen LogP contribution in [0.15, 0.2) is 36.0 Å². The van der Waals surface area contributed by atoms with E-state index in [-0.39, 0.29) is 0 Å². The molecule has 1 N–H and O–H groups in total. The zero-order chi connectivity index (χ0) is 8.81. The minimum absolute atomic E-state index is 0.906. The van der Waals surface area contributed by atoms with E-state index in [1.165, 1.54) is 0 Å². The molecule has 0 saturated carbocycles. The highest BCUT2D eigenvalue weighted by Crippen LogP contribution is 2.01. The fourth-order valence-electron chi connectivity index (χ4n) is 0.922. The van der Waals surface area contributed by atoms with Gasteiger partial charge in [0.2, 0.25) is 0 Å². The molecule has 0 radical (unpaired) electrons. The van der Waals surface area contributed by atoms with Gasteiger partial charge in [0.05, 0.1) is 0 Å². The van der Waals surface area contributed by atoms with Gasteiger partial charge in [-0.25, -0.2) is 0 Å². The van der Waals surface area contributed by atoms with Crippen molar-refractivity contribution < 1.29 is 4.80 Å². The fraction of sp³-hybridized carbons (Fsp3) is 0.200. The number of benzene rings is 1. The summed E-state index contributed by atoms with van der Waals surface area (Å²) < 4.78 is 0. The average molecular weight is 178 g/mol. The number of hydrogen-bond acceptors (Lipinski definition) is 1. The first kappa shape index (κ1) is 9.23. The Hall–Kier alpha value is -0.863. The zero-order valence-electron chi connectivity index (χ0n) is 7.27. The lowest BCUT2D eigenvalue weighted by Gasteiger charge is -1.96. The van der Waals surface area contributed by atoms with Gasteiger partial charge in [-0.15, -0.1) is 0 Å². The first-order valence-electron chi connectivity index (χ1n) is 4.24. The number of hydrogen-bond donors (Lipinski definition) is 1. The van der Waals surface area contributed by atoms with Crippen LogP contribution in [0.3, 0.4) is 0 Å². The van der Waals surface area contributed by atoms with E-state index in [9.17, 15) is 4.80 Å². The van der Waals surface area contributed by atoms with Gasteiger partial charge in [0.1, 0.15) is 0 Å². The van der Waals surface area contributed by atoms with Crippen molar-refractivity contribution in [3.05, 3.63) is 41.6 Å². The van der Waals surface area contributed by atoms with Gasteiger partial charge in [0.25, 0.3) is 0 Å². The second-order valence-electron chi connectivity index (χ2n) is 2.75. The molecule has 2 heteroatoms. The fourth-order valence-corrected chi connectivity index (χ4v) is 1.64. The minimum atomic E-state index is -1.53. The maximum Gasteiger partial charge on any atom is 0.196 e. The molecule has 1 rings (SSSR count). The normalized spacial score (nSPS) is 13.5. The largest absolute Gasteiger partial charge is 0.431 e. The van der Waals surface area contributed by atoms with Crippen molar-refractivity contribution in [3.8, 4) is 0 Å². The van der Waals surface area contributed by atoms with Crippen LogP contribution in [0, 0.1) is 0 Å². The van der Waals surface area contributed by atoms with E-state index in [2.05, 4.69) is 0 Å². The molecule has 0 bridgehead atoms. The van der Waals surface area contributed by atoms with E-state index in [4.69, 9.17) is 0 Å². The molecule has 0 saturated heterocycles. The first-order chi connectivity index (χ1) is 5.83. The molecule has 1 atom stereocenters. The Morgan fingerprint density at radius 3 is 2.58 bits per heavy atom. The lowest BCUT2D eigenvalue weighted by atomic mass is 10.2. The highest BCUT2D eigenvalue weighted by molar-refractivity contribution is 6.56. The quantitative estimate of drug-likeness (QED) is 0.702. The monoisotopic (exact) mass is 178 g/mol. The summed E-state index contributed by atoms with van der Waals surface area (Å²) in [4.78, 5) is 9.37. The van der Waals surface area contributed by atoms with Gasteiger partial charge in [-0.3, -0.25) is 0 Å². The summed E-state index contributed by atoms with van der Waals surface area (Å²) in [5.41, 5.74) is 3.12. The third-order valence-corrected chi connectivity index (χ3v) is 3.20. The van der Waals surface area contributed by atoms with Crippen LogP contribution < -0.4 is 0 Å². The molecule has 0 heterocycles. The molecule has 0 aromatic heterocycles. The molecule has 1 aromatic carbocycles. The Morgan fingerprint density at radius 1 is 1.33 bits per heavy atom.